The number of benzene rings is 1. The molecule has 6 nitrogen and oxygen atoms in total. The first-order valence-corrected chi connectivity index (χ1v) is 13.7. The highest BCUT2D eigenvalue weighted by Gasteiger charge is 2.36. The van der Waals surface area contributed by atoms with Gasteiger partial charge in [-0.05, 0) is 44.5 Å². The number of alkyl carbamates (subject to hydrolysis) is 1. The van der Waals surface area contributed by atoms with Crippen LogP contribution in [0.5, 0.6) is 0 Å². The van der Waals surface area contributed by atoms with Crippen LogP contribution >= 0.6 is 0 Å². The Labute approximate surface area is 189 Å². The molecule has 0 atom stereocenters. The van der Waals surface area contributed by atoms with Crippen LogP contribution in [0.15, 0.2) is 42.5 Å². The largest absolute Gasteiger partial charge is 0.444 e. The molecule has 174 valence electrons. The molecule has 0 aliphatic carbocycles. The second-order valence-corrected chi connectivity index (χ2v) is 15.0. The molecule has 0 fully saturated rings. The third-order valence-electron chi connectivity index (χ3n) is 5.19. The molecule has 1 rings (SSSR count). The normalized spacial score (nSPS) is 12.6. The maximum absolute atomic E-state index is 12.8. The average molecular weight is 449 g/mol. The molecular formula is C24H40N2O4Si. The maximum atomic E-state index is 12.8. The summed E-state index contributed by atoms with van der Waals surface area (Å²) in [6, 6.07) is 9.79. The topological polar surface area (TPSA) is 67.9 Å². The van der Waals surface area contributed by atoms with Crippen molar-refractivity contribution in [3.63, 3.8) is 0 Å². The first kappa shape index (κ1) is 26.9. The lowest BCUT2D eigenvalue weighted by atomic mass is 10.2. The van der Waals surface area contributed by atoms with Crippen LogP contribution in [0.4, 0.5) is 4.79 Å². The minimum absolute atomic E-state index is 0.115. The summed E-state index contributed by atoms with van der Waals surface area (Å²) in [6.07, 6.45) is 3.31. The second kappa shape index (κ2) is 11.5. The standard InChI is InChI=1S/C24H40N2O4Si/c1-23(2,3)30-22(28)25-18-21(27)26(19-20-14-10-9-11-15-20)16-12-13-17-29-31(7,8)24(4,5)6/h9-15H,16-19H2,1-8H3,(H,25,28)/b13-12+. The zero-order valence-electron chi connectivity index (χ0n) is 20.5. The molecule has 31 heavy (non-hydrogen) atoms. The van der Waals surface area contributed by atoms with Gasteiger partial charge >= 0.3 is 6.09 Å². The van der Waals surface area contributed by atoms with E-state index in [1.807, 2.05) is 42.5 Å². The summed E-state index contributed by atoms with van der Waals surface area (Å²) < 4.78 is 11.4. The van der Waals surface area contributed by atoms with Gasteiger partial charge in [0, 0.05) is 13.1 Å². The third-order valence-corrected chi connectivity index (χ3v) is 9.69. The zero-order valence-corrected chi connectivity index (χ0v) is 21.5. The van der Waals surface area contributed by atoms with Crippen LogP contribution in [0.2, 0.25) is 18.1 Å². The van der Waals surface area contributed by atoms with Crippen LogP contribution in [-0.2, 0) is 20.5 Å². The first-order chi connectivity index (χ1) is 14.2. The van der Waals surface area contributed by atoms with E-state index >= 15 is 0 Å². The van der Waals surface area contributed by atoms with E-state index in [4.69, 9.17) is 9.16 Å². The number of ether oxygens (including phenoxy) is 1. The highest BCUT2D eigenvalue weighted by Crippen LogP contribution is 2.36. The Kier molecular flexibility index (Phi) is 9.97. The minimum atomic E-state index is -1.80. The maximum Gasteiger partial charge on any atom is 0.408 e. The molecule has 1 aromatic rings. The van der Waals surface area contributed by atoms with Gasteiger partial charge in [-0.15, -0.1) is 0 Å². The molecule has 0 saturated heterocycles. The van der Waals surface area contributed by atoms with E-state index in [9.17, 15) is 9.59 Å². The lowest BCUT2D eigenvalue weighted by Gasteiger charge is -2.35. The number of nitrogens with one attached hydrogen (secondary N) is 1. The van der Waals surface area contributed by atoms with Gasteiger partial charge in [0.15, 0.2) is 8.32 Å². The minimum Gasteiger partial charge on any atom is -0.444 e. The van der Waals surface area contributed by atoms with Crippen molar-refractivity contribution < 1.29 is 18.8 Å². The monoisotopic (exact) mass is 448 g/mol. The third kappa shape index (κ3) is 10.6. The van der Waals surface area contributed by atoms with Crippen LogP contribution in [0.3, 0.4) is 0 Å². The van der Waals surface area contributed by atoms with Gasteiger partial charge in [0.25, 0.3) is 0 Å². The highest BCUT2D eigenvalue weighted by atomic mass is 28.4. The van der Waals surface area contributed by atoms with E-state index in [-0.39, 0.29) is 17.5 Å². The number of hydrogen-bond acceptors (Lipinski definition) is 4. The molecule has 0 radical (unpaired) electrons. The molecule has 0 unspecified atom stereocenters. The van der Waals surface area contributed by atoms with Crippen molar-refractivity contribution in [2.75, 3.05) is 19.7 Å². The van der Waals surface area contributed by atoms with E-state index in [0.29, 0.717) is 19.7 Å². The van der Waals surface area contributed by atoms with Crippen molar-refractivity contribution >= 4 is 20.3 Å². The Bertz CT molecular complexity index is 734. The van der Waals surface area contributed by atoms with Crippen LogP contribution in [-0.4, -0.2) is 50.5 Å². The Balaban J connectivity index is 2.69. The van der Waals surface area contributed by atoms with Crippen LogP contribution in [0.1, 0.15) is 47.1 Å². The molecule has 1 aromatic carbocycles. The summed E-state index contributed by atoms with van der Waals surface area (Å²) in [5, 5.41) is 2.70. The van der Waals surface area contributed by atoms with E-state index in [2.05, 4.69) is 39.2 Å². The van der Waals surface area contributed by atoms with Crippen molar-refractivity contribution in [3.8, 4) is 0 Å². The fourth-order valence-electron chi connectivity index (χ4n) is 2.37. The van der Waals surface area contributed by atoms with E-state index < -0.39 is 20.0 Å². The van der Waals surface area contributed by atoms with Crippen LogP contribution < -0.4 is 5.32 Å². The Hall–Kier alpha value is -2.12. The second-order valence-electron chi connectivity index (χ2n) is 10.2. The van der Waals surface area contributed by atoms with Crippen molar-refractivity contribution in [3.05, 3.63) is 48.0 Å². The number of carbonyl (C=O) groups is 2. The fraction of sp³-hybridized carbons (Fsp3) is 0.583. The summed E-state index contributed by atoms with van der Waals surface area (Å²) >= 11 is 0. The molecule has 0 heterocycles. The Morgan fingerprint density at radius 1 is 1.03 bits per heavy atom. The average Bonchev–Trinajstić information content (AvgIpc) is 2.63. The molecule has 0 aliphatic rings. The summed E-state index contributed by atoms with van der Waals surface area (Å²) in [5.41, 5.74) is 0.419. The fourth-order valence-corrected chi connectivity index (χ4v) is 3.32. The van der Waals surface area contributed by atoms with Crippen molar-refractivity contribution in [1.29, 1.82) is 0 Å². The summed E-state index contributed by atoms with van der Waals surface area (Å²) in [7, 11) is -1.80. The van der Waals surface area contributed by atoms with Gasteiger partial charge in [-0.25, -0.2) is 4.79 Å². The van der Waals surface area contributed by atoms with Crippen molar-refractivity contribution in [2.45, 2.75) is 71.8 Å². The van der Waals surface area contributed by atoms with Gasteiger partial charge in [-0.3, -0.25) is 4.79 Å². The molecule has 1 N–H and O–H groups in total. The van der Waals surface area contributed by atoms with E-state index in [1.165, 1.54) is 0 Å². The first-order valence-electron chi connectivity index (χ1n) is 10.8. The predicted molar refractivity (Wildman–Crippen MR) is 128 cm³/mol. The lowest BCUT2D eigenvalue weighted by molar-refractivity contribution is -0.130. The molecular weight excluding hydrogens is 408 g/mol. The molecule has 0 spiro atoms. The summed E-state index contributed by atoms with van der Waals surface area (Å²) in [6.45, 7) is 17.7. The smallest absolute Gasteiger partial charge is 0.408 e. The molecule has 0 aromatic heterocycles. The number of carbonyl (C=O) groups excluding carboxylic acids is 2. The van der Waals surface area contributed by atoms with Crippen LogP contribution in [0, 0.1) is 0 Å². The van der Waals surface area contributed by atoms with Gasteiger partial charge in [0.05, 0.1) is 6.61 Å². The molecule has 0 aliphatic heterocycles. The van der Waals surface area contributed by atoms with Crippen molar-refractivity contribution in [1.82, 2.24) is 10.2 Å². The van der Waals surface area contributed by atoms with Gasteiger partial charge in [-0.2, -0.15) is 0 Å². The van der Waals surface area contributed by atoms with Gasteiger partial charge in [0.2, 0.25) is 5.91 Å². The highest BCUT2D eigenvalue weighted by molar-refractivity contribution is 6.74. The molecule has 7 heteroatoms. The Morgan fingerprint density at radius 2 is 1.65 bits per heavy atom. The SMILES string of the molecule is CC(C)(C)OC(=O)NCC(=O)N(C/C=C/CO[Si](C)(C)C(C)(C)C)Cc1ccccc1. The summed E-state index contributed by atoms with van der Waals surface area (Å²) in [4.78, 5) is 26.4. The van der Waals surface area contributed by atoms with E-state index in [0.717, 1.165) is 5.56 Å². The van der Waals surface area contributed by atoms with Gasteiger partial charge in [0.1, 0.15) is 12.1 Å². The molecule has 2 amide bonds. The van der Waals surface area contributed by atoms with E-state index in [1.54, 1.807) is 25.7 Å². The number of nitrogens with zero attached hydrogens (tertiary/aromatic N) is 1. The molecule has 0 bridgehead atoms. The molecule has 0 saturated carbocycles. The van der Waals surface area contributed by atoms with Crippen LogP contribution in [0.25, 0.3) is 0 Å². The number of rotatable bonds is 9. The van der Waals surface area contributed by atoms with Gasteiger partial charge in [-0.1, -0.05) is 63.3 Å². The quantitative estimate of drug-likeness (QED) is 0.421. The number of amides is 2. The lowest BCUT2D eigenvalue weighted by Crippen LogP contribution is -2.42. The van der Waals surface area contributed by atoms with Gasteiger partial charge < -0.3 is 19.4 Å². The zero-order chi connectivity index (χ0) is 23.7. The summed E-state index contributed by atoms with van der Waals surface area (Å²) in [5.74, 6) is -0.176. The Morgan fingerprint density at radius 3 is 2.19 bits per heavy atom. The predicted octanol–water partition coefficient (Wildman–Crippen LogP) is 5.12. The number of hydrogen-bond donors (Lipinski definition) is 1. The van der Waals surface area contributed by atoms with Crippen molar-refractivity contribution in [2.24, 2.45) is 0 Å².